The van der Waals surface area contributed by atoms with Crippen LogP contribution in [0.15, 0.2) is 24.4 Å². The van der Waals surface area contributed by atoms with Crippen molar-refractivity contribution in [1.82, 2.24) is 10.3 Å². The molecule has 88 valence electrons. The van der Waals surface area contributed by atoms with Gasteiger partial charge in [0.1, 0.15) is 0 Å². The van der Waals surface area contributed by atoms with Crippen LogP contribution in [0.3, 0.4) is 0 Å². The zero-order valence-electron chi connectivity index (χ0n) is 9.62. The maximum Gasteiger partial charge on any atom is 0.253 e. The molecule has 1 amide bonds. The molecule has 0 aliphatic carbocycles. The van der Waals surface area contributed by atoms with Crippen LogP contribution < -0.4 is 5.32 Å². The minimum Gasteiger partial charge on any atom is -0.367 e. The Morgan fingerprint density at radius 3 is 3.12 bits per heavy atom. The van der Waals surface area contributed by atoms with Crippen molar-refractivity contribution in [1.29, 1.82) is 0 Å². The lowest BCUT2D eigenvalue weighted by Crippen LogP contribution is -2.33. The molecule has 2 aromatic rings. The Hall–Kier alpha value is -1.81. The van der Waals surface area contributed by atoms with Crippen LogP contribution in [0.25, 0.3) is 10.9 Å². The van der Waals surface area contributed by atoms with E-state index in [0.717, 1.165) is 22.9 Å². The predicted octanol–water partition coefficient (Wildman–Crippen LogP) is 1.53. The third kappa shape index (κ3) is 1.52. The van der Waals surface area contributed by atoms with Gasteiger partial charge in [-0.25, -0.2) is 0 Å². The summed E-state index contributed by atoms with van der Waals surface area (Å²) in [5.41, 5.74) is 3.24. The van der Waals surface area contributed by atoms with Gasteiger partial charge in [0.25, 0.3) is 5.91 Å². The number of carbonyl (C=O) groups excluding carboxylic acids is 1. The van der Waals surface area contributed by atoms with Gasteiger partial charge in [0.05, 0.1) is 0 Å². The monoisotopic (exact) mass is 230 g/mol. The molecule has 1 aromatic heterocycles. The van der Waals surface area contributed by atoms with Gasteiger partial charge in [0, 0.05) is 30.8 Å². The highest BCUT2D eigenvalue weighted by Crippen LogP contribution is 2.30. The van der Waals surface area contributed by atoms with Crippen LogP contribution in [0, 0.1) is 0 Å². The third-order valence-electron chi connectivity index (χ3n) is 3.27. The average molecular weight is 230 g/mol. The van der Waals surface area contributed by atoms with Gasteiger partial charge in [-0.3, -0.25) is 4.79 Å². The molecule has 0 bridgehead atoms. The number of H-pyrrole nitrogens is 1. The SMILES string of the molecule is COC1C(=O)NCCc2c[nH]c3cccc1c23. The second-order valence-electron chi connectivity index (χ2n) is 4.24. The summed E-state index contributed by atoms with van der Waals surface area (Å²) in [5.74, 6) is -0.0631. The van der Waals surface area contributed by atoms with Crippen LogP contribution in [0.5, 0.6) is 0 Å². The van der Waals surface area contributed by atoms with E-state index in [2.05, 4.69) is 10.3 Å². The van der Waals surface area contributed by atoms with Crippen LogP contribution in [-0.2, 0) is 16.0 Å². The molecule has 0 spiro atoms. The molecule has 1 aliphatic heterocycles. The van der Waals surface area contributed by atoms with E-state index in [1.165, 1.54) is 5.56 Å². The van der Waals surface area contributed by atoms with Crippen LogP contribution in [0.2, 0.25) is 0 Å². The summed E-state index contributed by atoms with van der Waals surface area (Å²) in [6.07, 6.45) is 2.34. The van der Waals surface area contributed by atoms with Crippen molar-refractivity contribution in [3.63, 3.8) is 0 Å². The standard InChI is InChI=1S/C13H14N2O2/c1-17-12-9-3-2-4-10-11(9)8(7-15-10)5-6-14-13(12)16/h2-4,7,12,15H,5-6H2,1H3,(H,14,16). The van der Waals surface area contributed by atoms with Gasteiger partial charge in [-0.2, -0.15) is 0 Å². The molecule has 0 fully saturated rings. The van der Waals surface area contributed by atoms with Crippen molar-refractivity contribution in [3.8, 4) is 0 Å². The first-order valence-corrected chi connectivity index (χ1v) is 5.70. The van der Waals surface area contributed by atoms with Crippen molar-refractivity contribution in [2.45, 2.75) is 12.5 Å². The van der Waals surface area contributed by atoms with E-state index in [1.54, 1.807) is 7.11 Å². The molecule has 0 radical (unpaired) electrons. The maximum absolute atomic E-state index is 11.9. The summed E-state index contributed by atoms with van der Waals surface area (Å²) in [6, 6.07) is 5.92. The van der Waals surface area contributed by atoms with E-state index in [-0.39, 0.29) is 5.91 Å². The quantitative estimate of drug-likeness (QED) is 0.780. The Morgan fingerprint density at radius 1 is 1.41 bits per heavy atom. The highest BCUT2D eigenvalue weighted by atomic mass is 16.5. The lowest BCUT2D eigenvalue weighted by atomic mass is 9.98. The molecule has 1 aromatic carbocycles. The molecule has 3 rings (SSSR count). The minimum absolute atomic E-state index is 0.0631. The van der Waals surface area contributed by atoms with Crippen molar-refractivity contribution in [2.24, 2.45) is 0 Å². The molecule has 4 heteroatoms. The van der Waals surface area contributed by atoms with Crippen molar-refractivity contribution < 1.29 is 9.53 Å². The number of nitrogens with one attached hydrogen (secondary N) is 2. The van der Waals surface area contributed by atoms with Crippen molar-refractivity contribution >= 4 is 16.8 Å². The van der Waals surface area contributed by atoms with E-state index in [1.807, 2.05) is 24.4 Å². The Kier molecular flexibility index (Phi) is 2.37. The Bertz CT molecular complexity index is 574. The number of hydrogen-bond acceptors (Lipinski definition) is 2. The summed E-state index contributed by atoms with van der Waals surface area (Å²) in [7, 11) is 1.57. The number of carbonyl (C=O) groups is 1. The highest BCUT2D eigenvalue weighted by molar-refractivity contribution is 5.93. The van der Waals surface area contributed by atoms with Gasteiger partial charge >= 0.3 is 0 Å². The van der Waals surface area contributed by atoms with Crippen molar-refractivity contribution in [3.05, 3.63) is 35.5 Å². The zero-order chi connectivity index (χ0) is 11.8. The Balaban J connectivity index is 2.29. The number of amides is 1. The summed E-state index contributed by atoms with van der Waals surface area (Å²) >= 11 is 0. The smallest absolute Gasteiger partial charge is 0.253 e. The second-order valence-corrected chi connectivity index (χ2v) is 4.24. The van der Waals surface area contributed by atoms with Gasteiger partial charge < -0.3 is 15.0 Å². The molecule has 2 heterocycles. The number of benzene rings is 1. The zero-order valence-corrected chi connectivity index (χ0v) is 9.62. The summed E-state index contributed by atoms with van der Waals surface area (Å²) < 4.78 is 5.33. The number of aromatic nitrogens is 1. The molecule has 4 nitrogen and oxygen atoms in total. The molecule has 1 atom stereocenters. The fraction of sp³-hybridized carbons (Fsp3) is 0.308. The summed E-state index contributed by atoms with van der Waals surface area (Å²) in [5, 5.41) is 4.01. The van der Waals surface area contributed by atoms with E-state index in [4.69, 9.17) is 4.74 Å². The van der Waals surface area contributed by atoms with Gasteiger partial charge in [-0.1, -0.05) is 12.1 Å². The molecule has 2 N–H and O–H groups in total. The molecule has 1 unspecified atom stereocenters. The topological polar surface area (TPSA) is 54.1 Å². The van der Waals surface area contributed by atoms with Crippen LogP contribution in [-0.4, -0.2) is 24.5 Å². The second kappa shape index (κ2) is 3.89. The number of rotatable bonds is 1. The fourth-order valence-corrected chi connectivity index (χ4v) is 2.49. The molecule has 0 saturated heterocycles. The summed E-state index contributed by atoms with van der Waals surface area (Å²) in [4.78, 5) is 15.2. The largest absolute Gasteiger partial charge is 0.367 e. The molecule has 17 heavy (non-hydrogen) atoms. The Morgan fingerprint density at radius 2 is 2.29 bits per heavy atom. The maximum atomic E-state index is 11.9. The molecule has 1 aliphatic rings. The van der Waals surface area contributed by atoms with Gasteiger partial charge in [-0.05, 0) is 23.6 Å². The number of aromatic amines is 1. The first kappa shape index (κ1) is 10.4. The van der Waals surface area contributed by atoms with Gasteiger partial charge in [0.15, 0.2) is 6.10 Å². The lowest BCUT2D eigenvalue weighted by Gasteiger charge is -2.19. The number of methoxy groups -OCH3 is 1. The van der Waals surface area contributed by atoms with Crippen LogP contribution in [0.4, 0.5) is 0 Å². The molecular weight excluding hydrogens is 216 g/mol. The number of hydrogen-bond donors (Lipinski definition) is 2. The summed E-state index contributed by atoms with van der Waals surface area (Å²) in [6.45, 7) is 0.653. The first-order valence-electron chi connectivity index (χ1n) is 5.70. The van der Waals surface area contributed by atoms with Crippen molar-refractivity contribution in [2.75, 3.05) is 13.7 Å². The average Bonchev–Trinajstić information content (AvgIpc) is 2.72. The first-order chi connectivity index (χ1) is 8.31. The molecule has 0 saturated carbocycles. The van der Waals surface area contributed by atoms with Crippen LogP contribution in [0.1, 0.15) is 17.2 Å². The lowest BCUT2D eigenvalue weighted by molar-refractivity contribution is -0.131. The minimum atomic E-state index is -0.520. The van der Waals surface area contributed by atoms with E-state index >= 15 is 0 Å². The van der Waals surface area contributed by atoms with E-state index in [0.29, 0.717) is 6.54 Å². The Labute approximate surface area is 99.0 Å². The third-order valence-corrected chi connectivity index (χ3v) is 3.27. The van der Waals surface area contributed by atoms with Crippen LogP contribution >= 0.6 is 0 Å². The van der Waals surface area contributed by atoms with E-state index < -0.39 is 6.10 Å². The van der Waals surface area contributed by atoms with Gasteiger partial charge in [-0.15, -0.1) is 0 Å². The predicted molar refractivity (Wildman–Crippen MR) is 64.8 cm³/mol. The molecular formula is C13H14N2O2. The normalized spacial score (nSPS) is 19.8. The highest BCUT2D eigenvalue weighted by Gasteiger charge is 2.25. The fourth-order valence-electron chi connectivity index (χ4n) is 2.49. The number of ether oxygens (including phenoxy) is 1. The van der Waals surface area contributed by atoms with E-state index in [9.17, 15) is 4.79 Å². The van der Waals surface area contributed by atoms with Gasteiger partial charge in [0.2, 0.25) is 0 Å².